The molecular formula is C79H49N3. The molecule has 0 aliphatic heterocycles. The van der Waals surface area contributed by atoms with Crippen LogP contribution in [0.5, 0.6) is 0 Å². The summed E-state index contributed by atoms with van der Waals surface area (Å²) in [6.07, 6.45) is 9.56. The van der Waals surface area contributed by atoms with Crippen molar-refractivity contribution in [3.8, 4) is 89.8 Å². The van der Waals surface area contributed by atoms with E-state index in [9.17, 15) is 0 Å². The van der Waals surface area contributed by atoms with Crippen molar-refractivity contribution in [1.29, 1.82) is 0 Å². The Morgan fingerprint density at radius 1 is 0.268 bits per heavy atom. The molecule has 1 unspecified atom stereocenters. The lowest BCUT2D eigenvalue weighted by Gasteiger charge is -2.35. The van der Waals surface area contributed by atoms with Crippen LogP contribution in [0.2, 0.25) is 0 Å². The number of rotatable bonds is 3. The van der Waals surface area contributed by atoms with Gasteiger partial charge in [0.1, 0.15) is 0 Å². The summed E-state index contributed by atoms with van der Waals surface area (Å²) in [6.45, 7) is 4.94. The molecule has 1 atom stereocenters. The average molecular weight is 1040 g/mol. The van der Waals surface area contributed by atoms with Crippen molar-refractivity contribution in [2.45, 2.75) is 22.7 Å². The summed E-state index contributed by atoms with van der Waals surface area (Å²) in [7, 11) is 0. The second kappa shape index (κ2) is 16.6. The van der Waals surface area contributed by atoms with Crippen LogP contribution in [0.25, 0.3) is 89.8 Å². The summed E-state index contributed by atoms with van der Waals surface area (Å²) in [5.74, 6) is 1.85. The molecule has 3 nitrogen and oxygen atoms in total. The molecule has 0 radical (unpaired) electrons. The lowest BCUT2D eigenvalue weighted by Crippen LogP contribution is -2.30. The predicted octanol–water partition coefficient (Wildman–Crippen LogP) is 18.1. The monoisotopic (exact) mass is 1040 g/mol. The Balaban J connectivity index is 0.895. The van der Waals surface area contributed by atoms with Crippen molar-refractivity contribution < 1.29 is 0 Å². The first-order valence-electron chi connectivity index (χ1n) is 28.6. The summed E-state index contributed by atoms with van der Waals surface area (Å²) in [5.41, 5.74) is 29.7. The van der Waals surface area contributed by atoms with Crippen LogP contribution in [0.1, 0.15) is 66.8 Å². The van der Waals surface area contributed by atoms with Crippen molar-refractivity contribution in [2.75, 3.05) is 0 Å². The van der Waals surface area contributed by atoms with Gasteiger partial charge in [-0.15, -0.1) is 0 Å². The van der Waals surface area contributed by atoms with E-state index in [4.69, 9.17) is 21.5 Å². The molecule has 0 saturated carbocycles. The summed E-state index contributed by atoms with van der Waals surface area (Å²) in [4.78, 5) is 17.0. The zero-order valence-corrected chi connectivity index (χ0v) is 44.7. The molecule has 1 heterocycles. The molecular weight excluding hydrogens is 991 g/mol. The van der Waals surface area contributed by atoms with Gasteiger partial charge < -0.3 is 0 Å². The minimum Gasteiger partial charge on any atom is -0.208 e. The van der Waals surface area contributed by atoms with Crippen molar-refractivity contribution in [1.82, 2.24) is 15.0 Å². The van der Waals surface area contributed by atoms with Crippen molar-refractivity contribution in [3.05, 3.63) is 352 Å². The molecule has 380 valence electrons. The second-order valence-electron chi connectivity index (χ2n) is 22.8. The van der Waals surface area contributed by atoms with Crippen LogP contribution in [0.4, 0.5) is 0 Å². The van der Waals surface area contributed by atoms with E-state index in [2.05, 4.69) is 273 Å². The topological polar surface area (TPSA) is 38.7 Å². The van der Waals surface area contributed by atoms with E-state index in [1.807, 2.05) is 0 Å². The molecule has 0 saturated heterocycles. The largest absolute Gasteiger partial charge is 0.208 e. The third-order valence-corrected chi connectivity index (χ3v) is 19.2. The zero-order valence-electron chi connectivity index (χ0n) is 44.7. The van der Waals surface area contributed by atoms with Gasteiger partial charge in [-0.3, -0.25) is 0 Å². The molecule has 11 aromatic carbocycles. The zero-order chi connectivity index (χ0) is 53.9. The molecule has 3 heteroatoms. The average Bonchev–Trinajstić information content (AvgIpc) is 1.97. The first-order chi connectivity index (χ1) is 40.6. The summed E-state index contributed by atoms with van der Waals surface area (Å²) in [6, 6.07) is 92.6. The molecule has 12 aromatic rings. The van der Waals surface area contributed by atoms with Crippen LogP contribution in [0.15, 0.2) is 285 Å². The SMILES string of the molecule is C=C1/C=C\C=C/Cc2ccccc2C12c1ccccc1-c1ccc(-c3nc(-c4ccc5c(c4)C4(c6ccccc6-c6ccccc64)c4ccccc4-5)nc(-c4ccc5c(c4)C4(c6ccccc6-c6ccccc64)c4ccccc4-5)n3)cc12. The first kappa shape index (κ1) is 45.5. The standard InChI is InChI=1S/C79H49N3/c1-48-21-3-2-4-22-49-23-5-13-31-63(49)77(48)64-32-14-6-28-57(64)60-42-39-50(45-71(60)77)74-80-75(51-40-43-61-58-29-11-19-37-69(58)78(72(61)46-51)65-33-15-7-24-53(65)54-25-8-16-34-66(54)78)82-76(81-74)52-41-44-62-59-30-12-20-38-70(59)79(73(62)47-52)67-35-17-9-26-55(67)56-27-10-18-36-68(56)79/h2-21,23-47H,1,22H2/b4-2-,21-3-. The third kappa shape index (κ3) is 5.67. The highest BCUT2D eigenvalue weighted by Gasteiger charge is 2.54. The predicted molar refractivity (Wildman–Crippen MR) is 332 cm³/mol. The molecule has 3 spiro atoms. The Bertz CT molecular complexity index is 4560. The maximum atomic E-state index is 5.67. The molecule has 1 aromatic heterocycles. The van der Waals surface area contributed by atoms with Crippen molar-refractivity contribution in [3.63, 3.8) is 0 Å². The van der Waals surface area contributed by atoms with Gasteiger partial charge in [0, 0.05) is 16.7 Å². The number of fused-ring (bicyclic) bond motifs is 27. The highest BCUT2D eigenvalue weighted by atomic mass is 15.0. The Labute approximate surface area is 476 Å². The van der Waals surface area contributed by atoms with Gasteiger partial charge in [0.05, 0.1) is 16.2 Å². The molecule has 82 heavy (non-hydrogen) atoms. The molecule has 0 N–H and O–H groups in total. The number of aromatic nitrogens is 3. The molecule has 18 rings (SSSR count). The molecule has 6 aliphatic rings. The summed E-state index contributed by atoms with van der Waals surface area (Å²) in [5, 5.41) is 0. The smallest absolute Gasteiger partial charge is 0.164 e. The van der Waals surface area contributed by atoms with Gasteiger partial charge in [0.2, 0.25) is 0 Å². The van der Waals surface area contributed by atoms with E-state index < -0.39 is 16.2 Å². The van der Waals surface area contributed by atoms with Gasteiger partial charge in [0.15, 0.2) is 17.5 Å². The molecule has 0 fully saturated rings. The van der Waals surface area contributed by atoms with E-state index in [0.717, 1.165) is 28.7 Å². The van der Waals surface area contributed by atoms with Crippen molar-refractivity contribution in [2.24, 2.45) is 0 Å². The Morgan fingerprint density at radius 3 is 0.902 bits per heavy atom. The lowest BCUT2D eigenvalue weighted by atomic mass is 9.66. The van der Waals surface area contributed by atoms with E-state index >= 15 is 0 Å². The fourth-order valence-electron chi connectivity index (χ4n) is 16.1. The van der Waals surface area contributed by atoms with Gasteiger partial charge in [-0.25, -0.2) is 15.0 Å². The maximum Gasteiger partial charge on any atom is 0.164 e. The Kier molecular flexibility index (Phi) is 9.22. The lowest BCUT2D eigenvalue weighted by molar-refractivity contribution is 0.760. The van der Waals surface area contributed by atoms with Gasteiger partial charge in [0.25, 0.3) is 0 Å². The van der Waals surface area contributed by atoms with Crippen LogP contribution < -0.4 is 0 Å². The van der Waals surface area contributed by atoms with Crippen molar-refractivity contribution >= 4 is 0 Å². The minimum atomic E-state index is -0.673. The summed E-state index contributed by atoms with van der Waals surface area (Å²) < 4.78 is 0. The van der Waals surface area contributed by atoms with Crippen LogP contribution in [0, 0.1) is 0 Å². The van der Waals surface area contributed by atoms with Gasteiger partial charge in [-0.2, -0.15) is 0 Å². The number of benzene rings is 11. The summed E-state index contributed by atoms with van der Waals surface area (Å²) >= 11 is 0. The number of allylic oxidation sites excluding steroid dienone is 5. The van der Waals surface area contributed by atoms with Crippen LogP contribution >= 0.6 is 0 Å². The first-order valence-corrected chi connectivity index (χ1v) is 28.6. The van der Waals surface area contributed by atoms with Crippen LogP contribution in [-0.4, -0.2) is 15.0 Å². The van der Waals surface area contributed by atoms with Gasteiger partial charge >= 0.3 is 0 Å². The molecule has 0 bridgehead atoms. The number of hydrogen-bond donors (Lipinski definition) is 0. The van der Waals surface area contributed by atoms with Crippen LogP contribution in [-0.2, 0) is 22.7 Å². The maximum absolute atomic E-state index is 5.67. The van der Waals surface area contributed by atoms with E-state index in [1.54, 1.807) is 0 Å². The van der Waals surface area contributed by atoms with Crippen LogP contribution in [0.3, 0.4) is 0 Å². The Hall–Kier alpha value is -10.4. The van der Waals surface area contributed by atoms with E-state index in [0.29, 0.717) is 17.5 Å². The fourth-order valence-corrected chi connectivity index (χ4v) is 16.1. The third-order valence-electron chi connectivity index (χ3n) is 19.2. The highest BCUT2D eigenvalue weighted by molar-refractivity contribution is 5.98. The normalized spacial score (nSPS) is 17.4. The number of hydrogen-bond acceptors (Lipinski definition) is 3. The second-order valence-corrected chi connectivity index (χ2v) is 22.8. The highest BCUT2D eigenvalue weighted by Crippen LogP contribution is 2.65. The van der Waals surface area contributed by atoms with E-state index in [-0.39, 0.29) is 0 Å². The Morgan fingerprint density at radius 2 is 0.549 bits per heavy atom. The quantitative estimate of drug-likeness (QED) is 0.177. The fraction of sp³-hybridized carbons (Fsp3) is 0.0506. The molecule has 6 aliphatic carbocycles. The van der Waals surface area contributed by atoms with Gasteiger partial charge in [-0.05, 0) is 153 Å². The minimum absolute atomic E-state index is 0.534. The van der Waals surface area contributed by atoms with E-state index in [1.165, 1.54) is 122 Å². The van der Waals surface area contributed by atoms with Gasteiger partial charge in [-0.1, -0.05) is 261 Å². The molecule has 0 amide bonds. The number of nitrogens with zero attached hydrogens (tertiary/aromatic N) is 3.